The summed E-state index contributed by atoms with van der Waals surface area (Å²) in [6.45, 7) is 44.7. The van der Waals surface area contributed by atoms with Crippen molar-refractivity contribution in [2.75, 3.05) is 21.3 Å². The Labute approximate surface area is 819 Å². The van der Waals surface area contributed by atoms with Crippen molar-refractivity contribution in [3.63, 3.8) is 0 Å². The number of methoxy groups -OCH3 is 3. The molecule has 0 spiro atoms. The second-order valence-corrected chi connectivity index (χ2v) is 41.5. The van der Waals surface area contributed by atoms with E-state index in [9.17, 15) is 43.7 Å². The molecule has 0 amide bonds. The number of pyridine rings is 5. The van der Waals surface area contributed by atoms with E-state index < -0.39 is 5.41 Å². The number of aliphatic hydroxyl groups is 3. The molecule has 0 aliphatic carbocycles. The number of hydrogen-bond donors (Lipinski definition) is 3. The molecule has 3 N–H and O–H groups in total. The van der Waals surface area contributed by atoms with Crippen LogP contribution in [0.4, 0.5) is 8.78 Å². The molecule has 0 saturated carbocycles. The molecular weight excluding hydrogens is 1740 g/mol. The van der Waals surface area contributed by atoms with Gasteiger partial charge in [-0.1, -0.05) is 286 Å². The molecule has 0 saturated heterocycles. The van der Waals surface area contributed by atoms with Gasteiger partial charge in [0.25, 0.3) is 27.8 Å². The fourth-order valence-corrected chi connectivity index (χ4v) is 18.6. The average molecular weight is 1880 g/mol. The molecule has 10 aromatic carbocycles. The van der Waals surface area contributed by atoms with Gasteiger partial charge in [-0.05, 0) is 232 Å². The van der Waals surface area contributed by atoms with Crippen LogP contribution in [0.2, 0.25) is 0 Å². The second-order valence-electron chi connectivity index (χ2n) is 41.5. The molecule has 0 fully saturated rings. The summed E-state index contributed by atoms with van der Waals surface area (Å²) in [5, 5.41) is 38.1. The van der Waals surface area contributed by atoms with Gasteiger partial charge >= 0.3 is 0 Å². The Morgan fingerprint density at radius 3 is 0.827 bits per heavy atom. The molecule has 0 atom stereocenters. The van der Waals surface area contributed by atoms with Crippen LogP contribution in [0.1, 0.15) is 247 Å². The third-order valence-corrected chi connectivity index (χ3v) is 25.9. The van der Waals surface area contributed by atoms with Crippen molar-refractivity contribution >= 4 is 53.9 Å². The third-order valence-electron chi connectivity index (χ3n) is 25.9. The number of aliphatic hydroxyl groups excluding tert-OH is 3. The number of nitrogens with zero attached hydrogens (tertiary/aromatic N) is 5. The van der Waals surface area contributed by atoms with Crippen molar-refractivity contribution < 1.29 is 38.3 Å². The standard InChI is InChI=1S/2C25H31NO3.C24H28FNO2.C24H29NO2.C23H26FNO/c1-6-7-12-26-15-21(18-10-8-9-11-19(18)24(26)28)20-14-23(29-5)22(25(2,3)4)13-17(20)16-27;1-6-7-12-26-15-21(19-10-8-9-11-20(19)24(26)28)17-13-18(16-27)23(25(2,3)4)22(14-17)29-5;1-5-6-11-26-14-20(18-9-7-8-10-19(18)23(26)28)16-12-17(15-27)22(21(25)13-16)24(2,3)4;1-6-7-14-25-16-20(18-10-8-9-11-19(18)23(25)26)17-12-13-21(24(2,3)4)22(15-17)27-5;1-5-6-13-25-15-19(17-9-7-8-10-18(17)22(25)26)16-11-12-20(21(24)14-16)23(2,3)4/h2*8-11,13-15,27H,6-7,12,16H2,1-5H3;7-10,12-14,27H,5-6,11,15H2,1-4H3;8-13,15-16H,6-7,14H2,1-5H3;7-12,14-15H,5-6,13H2,1-4H3. The monoisotopic (exact) mass is 1880 g/mol. The summed E-state index contributed by atoms with van der Waals surface area (Å²) >= 11 is 0. The highest BCUT2D eigenvalue weighted by atomic mass is 19.1. The van der Waals surface area contributed by atoms with Gasteiger partial charge in [-0.15, -0.1) is 0 Å². The predicted octanol–water partition coefficient (Wildman–Crippen LogP) is 27.6. The van der Waals surface area contributed by atoms with Gasteiger partial charge in [-0.2, -0.15) is 0 Å². The molecule has 0 radical (unpaired) electrons. The Morgan fingerprint density at radius 2 is 0.525 bits per heavy atom. The molecule has 16 nitrogen and oxygen atoms in total. The minimum atomic E-state index is -0.414. The SMILES string of the molecule is CCCCn1cc(-c2cc(CO)c(C(C)(C)C)c(OC)c2)c2ccccc2c1=O.CCCCn1cc(-c2cc(F)c(C(C)(C)C)c(CO)c2)c2ccccc2c1=O.CCCCn1cc(-c2cc(OC)c(C(C)(C)C)cc2CO)c2ccccc2c1=O.CCCCn1cc(-c2ccc(C(C)(C)C)c(F)c2)c2ccccc2c1=O.CCCCn1cc(-c2ccc(C(C)(C)C)c(OC)c2)c2ccccc2c1=O. The normalized spacial score (nSPS) is 11.8. The van der Waals surface area contributed by atoms with Crippen LogP contribution in [0.5, 0.6) is 17.2 Å². The van der Waals surface area contributed by atoms with Crippen molar-refractivity contribution in [2.24, 2.45) is 0 Å². The molecule has 0 aliphatic rings. The summed E-state index contributed by atoms with van der Waals surface area (Å²) in [5.41, 5.74) is 15.0. The molecule has 0 aliphatic heterocycles. The average Bonchev–Trinajstić information content (AvgIpc) is 0.774. The topological polar surface area (TPSA) is 198 Å². The van der Waals surface area contributed by atoms with Gasteiger partial charge in [0.2, 0.25) is 0 Å². The number of benzene rings is 10. The zero-order valence-corrected chi connectivity index (χ0v) is 86.2. The number of rotatable bonds is 26. The number of fused-ring (bicyclic) bond motifs is 5. The maximum atomic E-state index is 15.1. The lowest BCUT2D eigenvalue weighted by Gasteiger charge is -2.26. The lowest BCUT2D eigenvalue weighted by atomic mass is 9.81. The van der Waals surface area contributed by atoms with E-state index in [-0.39, 0.29) is 80.9 Å². The highest BCUT2D eigenvalue weighted by molar-refractivity contribution is 6.00. The van der Waals surface area contributed by atoms with Crippen LogP contribution in [0.15, 0.2) is 249 Å². The fraction of sp³-hybridized carbons (Fsp3) is 0.380. The summed E-state index contributed by atoms with van der Waals surface area (Å²) in [6, 6.07) is 61.6. The Kier molecular flexibility index (Phi) is 35.7. The summed E-state index contributed by atoms with van der Waals surface area (Å²) in [4.78, 5) is 64.4. The molecule has 0 bridgehead atoms. The molecule has 0 unspecified atom stereocenters. The van der Waals surface area contributed by atoms with E-state index in [1.807, 2.05) is 245 Å². The zero-order chi connectivity index (χ0) is 101. The minimum Gasteiger partial charge on any atom is -0.496 e. The van der Waals surface area contributed by atoms with Crippen LogP contribution in [-0.4, -0.2) is 59.5 Å². The molecule has 15 aromatic rings. The maximum Gasteiger partial charge on any atom is 0.258 e. The van der Waals surface area contributed by atoms with Crippen molar-refractivity contribution in [1.82, 2.24) is 22.8 Å². The first kappa shape index (κ1) is 107. The highest BCUT2D eigenvalue weighted by Crippen LogP contribution is 2.44. The lowest BCUT2D eigenvalue weighted by Crippen LogP contribution is -2.20. The van der Waals surface area contributed by atoms with Crippen LogP contribution in [0, 0.1) is 11.6 Å². The van der Waals surface area contributed by atoms with Crippen LogP contribution in [-0.2, 0) is 79.6 Å². The summed E-state index contributed by atoms with van der Waals surface area (Å²) in [6.07, 6.45) is 19.4. The first-order valence-corrected chi connectivity index (χ1v) is 49.3. The van der Waals surface area contributed by atoms with Crippen molar-refractivity contribution in [2.45, 2.75) is 282 Å². The maximum absolute atomic E-state index is 15.1. The van der Waals surface area contributed by atoms with Crippen molar-refractivity contribution in [3.8, 4) is 72.9 Å². The van der Waals surface area contributed by atoms with E-state index in [1.54, 1.807) is 41.1 Å². The van der Waals surface area contributed by atoms with Crippen LogP contribution >= 0.6 is 0 Å². The van der Waals surface area contributed by atoms with Crippen LogP contribution in [0.3, 0.4) is 0 Å². The summed E-state index contributed by atoms with van der Waals surface area (Å²) < 4.78 is 55.9. The van der Waals surface area contributed by atoms with Gasteiger partial charge < -0.3 is 52.4 Å². The number of aryl methyl sites for hydroxylation is 5. The molecule has 139 heavy (non-hydrogen) atoms. The Hall–Kier alpha value is -12.6. The number of halogens is 2. The second kappa shape index (κ2) is 46.4. The smallest absolute Gasteiger partial charge is 0.258 e. The lowest BCUT2D eigenvalue weighted by molar-refractivity contribution is 0.276. The van der Waals surface area contributed by atoms with E-state index in [2.05, 4.69) is 115 Å². The van der Waals surface area contributed by atoms with Gasteiger partial charge in [0.05, 0.1) is 41.2 Å². The Morgan fingerprint density at radius 1 is 0.259 bits per heavy atom. The Bertz CT molecular complexity index is 7170. The zero-order valence-electron chi connectivity index (χ0n) is 86.2. The number of unbranched alkanes of at least 4 members (excludes halogenated alkanes) is 5. The minimum absolute atomic E-state index is 0.00581. The third kappa shape index (κ3) is 24.6. The van der Waals surface area contributed by atoms with Gasteiger partial charge in [0, 0.05) is 124 Å². The summed E-state index contributed by atoms with van der Waals surface area (Å²) in [5.74, 6) is 1.90. The predicted molar refractivity (Wildman–Crippen MR) is 574 cm³/mol. The summed E-state index contributed by atoms with van der Waals surface area (Å²) in [7, 11) is 5.05. The number of aromatic nitrogens is 5. The number of hydrogen-bond acceptors (Lipinski definition) is 11. The van der Waals surface area contributed by atoms with Crippen LogP contribution < -0.4 is 42.0 Å². The molecule has 5 heterocycles. The van der Waals surface area contributed by atoms with E-state index in [0.29, 0.717) is 70.0 Å². The van der Waals surface area contributed by atoms with E-state index in [1.165, 1.54) is 11.6 Å². The Balaban J connectivity index is 0.000000166. The molecule has 15 rings (SSSR count). The van der Waals surface area contributed by atoms with Gasteiger partial charge in [-0.25, -0.2) is 8.78 Å². The van der Waals surface area contributed by atoms with Gasteiger partial charge in [0.1, 0.15) is 28.9 Å². The highest BCUT2D eigenvalue weighted by Gasteiger charge is 2.30. The molecular formula is C121H145F2N5O11. The number of ether oxygens (including phenoxy) is 3. The van der Waals surface area contributed by atoms with Crippen LogP contribution in [0.25, 0.3) is 109 Å². The van der Waals surface area contributed by atoms with Gasteiger partial charge in [-0.3, -0.25) is 24.0 Å². The molecule has 18 heteroatoms. The largest absolute Gasteiger partial charge is 0.496 e. The quantitative estimate of drug-likeness (QED) is 0.0466. The van der Waals surface area contributed by atoms with E-state index >= 15 is 4.39 Å². The first-order chi connectivity index (χ1) is 66.1. The molecule has 734 valence electrons. The van der Waals surface area contributed by atoms with Crippen molar-refractivity contribution in [3.05, 3.63) is 333 Å². The van der Waals surface area contributed by atoms with E-state index in [4.69, 9.17) is 14.2 Å². The van der Waals surface area contributed by atoms with Crippen molar-refractivity contribution in [1.29, 1.82) is 0 Å². The fourth-order valence-electron chi connectivity index (χ4n) is 18.6. The van der Waals surface area contributed by atoms with E-state index in [0.717, 1.165) is 193 Å². The van der Waals surface area contributed by atoms with Gasteiger partial charge in [0.15, 0.2) is 0 Å². The first-order valence-electron chi connectivity index (χ1n) is 49.3. The molecule has 5 aromatic heterocycles.